The molecule has 0 radical (unpaired) electrons. The lowest BCUT2D eigenvalue weighted by Gasteiger charge is -2.33. The molecule has 7 nitrogen and oxygen atoms in total. The number of nitrogens with zero attached hydrogens (tertiary/aromatic N) is 4. The first-order valence-corrected chi connectivity index (χ1v) is 8.23. The molecule has 2 aliphatic rings. The lowest BCUT2D eigenvalue weighted by atomic mass is 10.1. The normalized spacial score (nSPS) is 18.8. The van der Waals surface area contributed by atoms with E-state index in [-0.39, 0.29) is 11.8 Å². The fraction of sp³-hybridized carbons (Fsp3) is 0.500. The molecule has 3 rings (SSSR count). The maximum absolute atomic E-state index is 12.6. The summed E-state index contributed by atoms with van der Waals surface area (Å²) >= 11 is 0. The number of likely N-dealkylation sites (N-methyl/N-ethyl adjacent to an activating group) is 1. The number of anilines is 1. The molecule has 0 amide bonds. The van der Waals surface area contributed by atoms with Gasteiger partial charge in [0, 0.05) is 26.2 Å². The molecular formula is C16H21F3N6O. The largest absolute Gasteiger partial charge is 0.467 e. The van der Waals surface area contributed by atoms with Crippen LogP contribution >= 0.6 is 0 Å². The minimum atomic E-state index is -4.45. The van der Waals surface area contributed by atoms with E-state index < -0.39 is 12.8 Å². The molecular weight excluding hydrogens is 349 g/mol. The predicted molar refractivity (Wildman–Crippen MR) is 93.1 cm³/mol. The smallest absolute Gasteiger partial charge is 0.422 e. The number of nitrogens with one attached hydrogen (secondary N) is 1. The van der Waals surface area contributed by atoms with Crippen molar-refractivity contribution in [2.24, 2.45) is 10.7 Å². The van der Waals surface area contributed by atoms with Gasteiger partial charge >= 0.3 is 6.18 Å². The van der Waals surface area contributed by atoms with Gasteiger partial charge in [0.15, 0.2) is 12.6 Å². The molecule has 2 aliphatic heterocycles. The van der Waals surface area contributed by atoms with Gasteiger partial charge in [0.25, 0.3) is 0 Å². The molecule has 142 valence electrons. The molecule has 0 aromatic carbocycles. The molecule has 0 unspecified atom stereocenters. The molecule has 0 atom stereocenters. The highest BCUT2D eigenvalue weighted by Gasteiger charge is 2.30. The molecule has 0 saturated carbocycles. The molecule has 1 aromatic rings. The zero-order valence-corrected chi connectivity index (χ0v) is 14.4. The third kappa shape index (κ3) is 4.57. The number of aliphatic imine (C=N–C) groups is 1. The number of pyridine rings is 1. The van der Waals surface area contributed by atoms with Crippen LogP contribution in [-0.2, 0) is 0 Å². The summed E-state index contributed by atoms with van der Waals surface area (Å²) in [6, 6.07) is 3.48. The zero-order chi connectivity index (χ0) is 18.7. The van der Waals surface area contributed by atoms with E-state index in [4.69, 9.17) is 10.5 Å². The molecule has 3 N–H and O–H groups in total. The van der Waals surface area contributed by atoms with Crippen LogP contribution in [0.25, 0.3) is 5.70 Å². The Morgan fingerprint density at radius 2 is 1.96 bits per heavy atom. The number of rotatable bonds is 4. The second kappa shape index (κ2) is 7.40. The first-order chi connectivity index (χ1) is 12.3. The number of guanidine groups is 1. The SMILES string of the molecule is CN1CCN(c2ccc(C3=CCN=C(N)N3)c(OCC(F)(F)F)n2)CC1. The van der Waals surface area contributed by atoms with E-state index >= 15 is 0 Å². The number of halogens is 3. The minimum Gasteiger partial charge on any atom is -0.467 e. The molecule has 3 heterocycles. The quantitative estimate of drug-likeness (QED) is 0.824. The maximum atomic E-state index is 12.6. The van der Waals surface area contributed by atoms with Gasteiger partial charge in [0.05, 0.1) is 17.8 Å². The molecule has 0 spiro atoms. The first-order valence-electron chi connectivity index (χ1n) is 8.23. The summed E-state index contributed by atoms with van der Waals surface area (Å²) in [6.07, 6.45) is -2.72. The third-order valence-electron chi connectivity index (χ3n) is 4.16. The number of alkyl halides is 3. The van der Waals surface area contributed by atoms with E-state index in [1.807, 2.05) is 11.9 Å². The molecule has 1 aromatic heterocycles. The van der Waals surface area contributed by atoms with Gasteiger partial charge in [-0.05, 0) is 25.3 Å². The van der Waals surface area contributed by atoms with Crippen LogP contribution < -0.4 is 20.7 Å². The van der Waals surface area contributed by atoms with E-state index in [9.17, 15) is 13.2 Å². The summed E-state index contributed by atoms with van der Waals surface area (Å²) in [5.41, 5.74) is 6.62. The minimum absolute atomic E-state index is 0.0767. The van der Waals surface area contributed by atoms with Crippen molar-refractivity contribution in [2.45, 2.75) is 6.18 Å². The van der Waals surface area contributed by atoms with Crippen molar-refractivity contribution in [3.8, 4) is 5.88 Å². The van der Waals surface area contributed by atoms with Crippen molar-refractivity contribution in [3.63, 3.8) is 0 Å². The van der Waals surface area contributed by atoms with Crippen LogP contribution in [-0.4, -0.2) is 68.4 Å². The van der Waals surface area contributed by atoms with E-state index in [2.05, 4.69) is 20.2 Å². The third-order valence-corrected chi connectivity index (χ3v) is 4.16. The Morgan fingerprint density at radius 1 is 1.23 bits per heavy atom. The van der Waals surface area contributed by atoms with Crippen molar-refractivity contribution in [1.82, 2.24) is 15.2 Å². The van der Waals surface area contributed by atoms with Crippen LogP contribution in [0.1, 0.15) is 5.56 Å². The van der Waals surface area contributed by atoms with Crippen LogP contribution in [0.15, 0.2) is 23.2 Å². The second-order valence-electron chi connectivity index (χ2n) is 6.19. The lowest BCUT2D eigenvalue weighted by molar-refractivity contribution is -0.154. The van der Waals surface area contributed by atoms with Gasteiger partial charge in [-0.1, -0.05) is 0 Å². The number of hydrogen-bond acceptors (Lipinski definition) is 7. The second-order valence-corrected chi connectivity index (χ2v) is 6.19. The van der Waals surface area contributed by atoms with Gasteiger partial charge in [-0.2, -0.15) is 18.2 Å². The molecule has 10 heteroatoms. The molecule has 0 aliphatic carbocycles. The Kier molecular flexibility index (Phi) is 5.21. The Hall–Kier alpha value is -2.49. The average Bonchev–Trinajstić information content (AvgIpc) is 2.60. The van der Waals surface area contributed by atoms with Gasteiger partial charge in [0.1, 0.15) is 5.82 Å². The highest BCUT2D eigenvalue weighted by molar-refractivity contribution is 5.90. The molecule has 1 fully saturated rings. The van der Waals surface area contributed by atoms with E-state index in [0.717, 1.165) is 26.2 Å². The summed E-state index contributed by atoms with van der Waals surface area (Å²) in [5.74, 6) is 0.719. The van der Waals surface area contributed by atoms with Crippen molar-refractivity contribution in [3.05, 3.63) is 23.8 Å². The number of ether oxygens (including phenoxy) is 1. The zero-order valence-electron chi connectivity index (χ0n) is 14.4. The highest BCUT2D eigenvalue weighted by atomic mass is 19.4. The Balaban J connectivity index is 1.87. The summed E-state index contributed by atoms with van der Waals surface area (Å²) < 4.78 is 42.9. The van der Waals surface area contributed by atoms with Gasteiger partial charge in [-0.25, -0.2) is 4.99 Å². The molecule has 0 bridgehead atoms. The van der Waals surface area contributed by atoms with Crippen LogP contribution in [0, 0.1) is 0 Å². The van der Waals surface area contributed by atoms with Gasteiger partial charge < -0.3 is 25.6 Å². The van der Waals surface area contributed by atoms with Crippen molar-refractivity contribution >= 4 is 17.5 Å². The number of nitrogens with two attached hydrogens (primary N) is 1. The van der Waals surface area contributed by atoms with Crippen molar-refractivity contribution < 1.29 is 17.9 Å². The van der Waals surface area contributed by atoms with Crippen LogP contribution in [0.2, 0.25) is 0 Å². The monoisotopic (exact) mass is 370 g/mol. The number of hydrogen-bond donors (Lipinski definition) is 2. The van der Waals surface area contributed by atoms with Crippen molar-refractivity contribution in [1.29, 1.82) is 0 Å². The summed E-state index contributed by atoms with van der Waals surface area (Å²) in [5, 5.41) is 2.84. The lowest BCUT2D eigenvalue weighted by Crippen LogP contribution is -2.44. The van der Waals surface area contributed by atoms with Gasteiger partial charge in [-0.3, -0.25) is 0 Å². The fourth-order valence-electron chi connectivity index (χ4n) is 2.75. The fourth-order valence-corrected chi connectivity index (χ4v) is 2.75. The Bertz CT molecular complexity index is 710. The Labute approximate surface area is 149 Å². The highest BCUT2D eigenvalue weighted by Crippen LogP contribution is 2.29. The predicted octanol–water partition coefficient (Wildman–Crippen LogP) is 1.03. The topological polar surface area (TPSA) is 79.0 Å². The summed E-state index contributed by atoms with van der Waals surface area (Å²) in [4.78, 5) is 12.5. The first kappa shape index (κ1) is 18.3. The summed E-state index contributed by atoms with van der Waals surface area (Å²) in [7, 11) is 2.03. The van der Waals surface area contributed by atoms with E-state index in [1.54, 1.807) is 18.2 Å². The van der Waals surface area contributed by atoms with Crippen LogP contribution in [0.5, 0.6) is 5.88 Å². The average molecular weight is 370 g/mol. The van der Waals surface area contributed by atoms with Crippen molar-refractivity contribution in [2.75, 3.05) is 51.3 Å². The maximum Gasteiger partial charge on any atom is 0.422 e. The number of aromatic nitrogens is 1. The molecule has 26 heavy (non-hydrogen) atoms. The van der Waals surface area contributed by atoms with Gasteiger partial charge in [-0.15, -0.1) is 0 Å². The van der Waals surface area contributed by atoms with E-state index in [0.29, 0.717) is 23.6 Å². The van der Waals surface area contributed by atoms with Crippen LogP contribution in [0.4, 0.5) is 19.0 Å². The number of piperazine rings is 1. The molecule has 1 saturated heterocycles. The standard InChI is InChI=1S/C16H21F3N6O/c1-24-6-8-25(9-7-24)13-3-2-11(12-4-5-21-15(20)22-12)14(23-13)26-10-16(17,18)19/h2-4H,5-10H2,1H3,(H3,20,21,22). The van der Waals surface area contributed by atoms with Crippen LogP contribution in [0.3, 0.4) is 0 Å². The van der Waals surface area contributed by atoms with E-state index in [1.165, 1.54) is 0 Å². The Morgan fingerprint density at radius 3 is 2.62 bits per heavy atom. The summed E-state index contributed by atoms with van der Waals surface area (Å²) in [6.45, 7) is 2.16. The van der Waals surface area contributed by atoms with Gasteiger partial charge in [0.2, 0.25) is 5.88 Å².